The molecule has 112 valence electrons. The van der Waals surface area contributed by atoms with Gasteiger partial charge in [-0.25, -0.2) is 0 Å². The molecule has 20 heavy (non-hydrogen) atoms. The highest BCUT2D eigenvalue weighted by atomic mass is 16.2. The van der Waals surface area contributed by atoms with Gasteiger partial charge < -0.3 is 15.5 Å². The summed E-state index contributed by atoms with van der Waals surface area (Å²) in [4.78, 5) is 13.9. The molecule has 1 aliphatic rings. The van der Waals surface area contributed by atoms with Crippen molar-refractivity contribution in [2.24, 2.45) is 7.05 Å². The molecular formula is C14H25N5O. The molecule has 0 spiro atoms. The number of rotatable bonds is 4. The zero-order valence-corrected chi connectivity index (χ0v) is 12.9. The molecule has 1 aromatic heterocycles. The molecule has 6 heteroatoms. The van der Waals surface area contributed by atoms with E-state index >= 15 is 0 Å². The number of nitrogens with one attached hydrogen (secondary N) is 2. The van der Waals surface area contributed by atoms with Crippen LogP contribution >= 0.6 is 0 Å². The highest BCUT2D eigenvalue weighted by molar-refractivity contribution is 5.81. The number of amides is 1. The Labute approximate surface area is 120 Å². The number of nitrogens with zero attached hydrogens (tertiary/aromatic N) is 3. The molecule has 0 saturated carbocycles. The molecule has 0 unspecified atom stereocenters. The minimum Gasteiger partial charge on any atom is -0.354 e. The molecule has 1 amide bonds. The Morgan fingerprint density at radius 1 is 1.45 bits per heavy atom. The highest BCUT2D eigenvalue weighted by Gasteiger charge is 2.22. The van der Waals surface area contributed by atoms with Gasteiger partial charge >= 0.3 is 0 Å². The summed E-state index contributed by atoms with van der Waals surface area (Å²) < 4.78 is 1.89. The fourth-order valence-corrected chi connectivity index (χ4v) is 2.59. The summed E-state index contributed by atoms with van der Waals surface area (Å²) in [6.07, 6.45) is 0.965. The molecular weight excluding hydrogens is 254 g/mol. The van der Waals surface area contributed by atoms with Crippen LogP contribution in [-0.4, -0.2) is 41.4 Å². The smallest absolute Gasteiger partial charge is 0.239 e. The molecule has 1 aliphatic heterocycles. The van der Waals surface area contributed by atoms with Crippen LogP contribution in [0.1, 0.15) is 31.5 Å². The summed E-state index contributed by atoms with van der Waals surface area (Å²) in [6.45, 7) is 9.12. The summed E-state index contributed by atoms with van der Waals surface area (Å²) in [6, 6.07) is 0.426. The first-order valence-corrected chi connectivity index (χ1v) is 7.26. The Balaban J connectivity index is 2.26. The first kappa shape index (κ1) is 14.8. The van der Waals surface area contributed by atoms with E-state index in [0.717, 1.165) is 37.6 Å². The van der Waals surface area contributed by atoms with Crippen LogP contribution in [0.25, 0.3) is 0 Å². The molecule has 6 nitrogen and oxygen atoms in total. The third-order valence-corrected chi connectivity index (χ3v) is 3.56. The minimum absolute atomic E-state index is 0.0871. The summed E-state index contributed by atoms with van der Waals surface area (Å²) in [5.74, 6) is 1.15. The lowest BCUT2D eigenvalue weighted by Gasteiger charge is -2.23. The number of hydrogen-bond donors (Lipinski definition) is 2. The maximum Gasteiger partial charge on any atom is 0.239 e. The second kappa shape index (κ2) is 6.26. The first-order valence-electron chi connectivity index (χ1n) is 7.26. The van der Waals surface area contributed by atoms with Crippen molar-refractivity contribution in [3.05, 3.63) is 11.3 Å². The third-order valence-electron chi connectivity index (χ3n) is 3.56. The topological polar surface area (TPSA) is 62.2 Å². The second-order valence-corrected chi connectivity index (χ2v) is 5.67. The van der Waals surface area contributed by atoms with Gasteiger partial charge in [0.2, 0.25) is 5.91 Å². The number of aromatic nitrogens is 2. The standard InChI is InChI=1S/C14H25N5O/c1-10(2)16-8-12-11(3)17-18(4)14(12)19-7-5-6-15-13(20)9-19/h10,16H,5-9H2,1-4H3,(H,15,20). The van der Waals surface area contributed by atoms with Crippen molar-refractivity contribution >= 4 is 11.7 Å². The van der Waals surface area contributed by atoms with Gasteiger partial charge in [-0.3, -0.25) is 9.48 Å². The van der Waals surface area contributed by atoms with Crippen molar-refractivity contribution in [2.75, 3.05) is 24.5 Å². The number of aryl methyl sites for hydroxylation is 2. The number of carbonyl (C=O) groups is 1. The van der Waals surface area contributed by atoms with E-state index in [9.17, 15) is 4.79 Å². The van der Waals surface area contributed by atoms with E-state index in [2.05, 4.69) is 34.5 Å². The van der Waals surface area contributed by atoms with E-state index in [-0.39, 0.29) is 5.91 Å². The Hall–Kier alpha value is -1.56. The fourth-order valence-electron chi connectivity index (χ4n) is 2.59. The van der Waals surface area contributed by atoms with E-state index in [1.54, 1.807) is 0 Å². The van der Waals surface area contributed by atoms with Crippen LogP contribution in [0, 0.1) is 6.92 Å². The van der Waals surface area contributed by atoms with Crippen LogP contribution in [0.2, 0.25) is 0 Å². The van der Waals surface area contributed by atoms with Crippen LogP contribution in [0.4, 0.5) is 5.82 Å². The number of hydrogen-bond acceptors (Lipinski definition) is 4. The predicted octanol–water partition coefficient (Wildman–Crippen LogP) is 0.553. The van der Waals surface area contributed by atoms with Crippen LogP contribution in [-0.2, 0) is 18.4 Å². The summed E-state index contributed by atoms with van der Waals surface area (Å²) in [7, 11) is 1.95. The number of carbonyl (C=O) groups excluding carboxylic acids is 1. The average molecular weight is 279 g/mol. The van der Waals surface area contributed by atoms with Gasteiger partial charge in [0.25, 0.3) is 0 Å². The van der Waals surface area contributed by atoms with Gasteiger partial charge in [-0.2, -0.15) is 5.10 Å². The summed E-state index contributed by atoms with van der Waals surface area (Å²) >= 11 is 0. The molecule has 0 aliphatic carbocycles. The molecule has 0 atom stereocenters. The molecule has 0 bridgehead atoms. The quantitative estimate of drug-likeness (QED) is 0.845. The molecule has 1 fully saturated rings. The van der Waals surface area contributed by atoms with E-state index in [1.165, 1.54) is 5.56 Å². The number of anilines is 1. The van der Waals surface area contributed by atoms with Crippen molar-refractivity contribution in [1.29, 1.82) is 0 Å². The Bertz CT molecular complexity index is 480. The van der Waals surface area contributed by atoms with E-state index in [4.69, 9.17) is 0 Å². The van der Waals surface area contributed by atoms with Crippen molar-refractivity contribution in [2.45, 2.75) is 39.8 Å². The zero-order valence-electron chi connectivity index (χ0n) is 12.9. The van der Waals surface area contributed by atoms with Crippen molar-refractivity contribution in [1.82, 2.24) is 20.4 Å². The normalized spacial score (nSPS) is 16.4. The Morgan fingerprint density at radius 2 is 2.20 bits per heavy atom. The predicted molar refractivity (Wildman–Crippen MR) is 79.8 cm³/mol. The van der Waals surface area contributed by atoms with E-state index in [1.807, 2.05) is 18.7 Å². The van der Waals surface area contributed by atoms with E-state index < -0.39 is 0 Å². The molecule has 2 heterocycles. The molecule has 0 aromatic carbocycles. The molecule has 0 radical (unpaired) electrons. The van der Waals surface area contributed by atoms with Crippen LogP contribution in [0.5, 0.6) is 0 Å². The van der Waals surface area contributed by atoms with Crippen molar-refractivity contribution < 1.29 is 4.79 Å². The minimum atomic E-state index is 0.0871. The van der Waals surface area contributed by atoms with Crippen molar-refractivity contribution in [3.63, 3.8) is 0 Å². The third kappa shape index (κ3) is 3.30. The van der Waals surface area contributed by atoms with Crippen LogP contribution in [0.15, 0.2) is 0 Å². The molecule has 1 aromatic rings. The Kier molecular flexibility index (Phi) is 4.65. The fraction of sp³-hybridized carbons (Fsp3) is 0.714. The first-order chi connectivity index (χ1) is 9.49. The van der Waals surface area contributed by atoms with Crippen LogP contribution in [0.3, 0.4) is 0 Å². The second-order valence-electron chi connectivity index (χ2n) is 5.67. The molecule has 1 saturated heterocycles. The zero-order chi connectivity index (χ0) is 14.7. The highest BCUT2D eigenvalue weighted by Crippen LogP contribution is 2.24. The molecule has 2 N–H and O–H groups in total. The van der Waals surface area contributed by atoms with Gasteiger partial charge in [0, 0.05) is 38.3 Å². The monoisotopic (exact) mass is 279 g/mol. The molecule has 2 rings (SSSR count). The van der Waals surface area contributed by atoms with Gasteiger partial charge in [-0.15, -0.1) is 0 Å². The van der Waals surface area contributed by atoms with Gasteiger partial charge in [0.05, 0.1) is 12.2 Å². The maximum absolute atomic E-state index is 11.8. The van der Waals surface area contributed by atoms with Gasteiger partial charge in [0.1, 0.15) is 5.82 Å². The maximum atomic E-state index is 11.8. The van der Waals surface area contributed by atoms with Gasteiger partial charge in [-0.05, 0) is 13.3 Å². The van der Waals surface area contributed by atoms with Gasteiger partial charge in [-0.1, -0.05) is 13.8 Å². The largest absolute Gasteiger partial charge is 0.354 e. The lowest BCUT2D eigenvalue weighted by atomic mass is 10.2. The Morgan fingerprint density at radius 3 is 2.90 bits per heavy atom. The van der Waals surface area contributed by atoms with E-state index in [0.29, 0.717) is 12.6 Å². The summed E-state index contributed by atoms with van der Waals surface area (Å²) in [5.41, 5.74) is 2.22. The van der Waals surface area contributed by atoms with Crippen molar-refractivity contribution in [3.8, 4) is 0 Å². The SMILES string of the molecule is Cc1nn(C)c(N2CCCNC(=O)C2)c1CNC(C)C. The van der Waals surface area contributed by atoms with Gasteiger partial charge in [0.15, 0.2) is 0 Å². The summed E-state index contributed by atoms with van der Waals surface area (Å²) in [5, 5.41) is 10.9. The lowest BCUT2D eigenvalue weighted by Crippen LogP contribution is -2.35. The average Bonchev–Trinajstić information content (AvgIpc) is 2.52. The van der Waals surface area contributed by atoms with Crippen LogP contribution < -0.4 is 15.5 Å². The lowest BCUT2D eigenvalue weighted by molar-refractivity contribution is -0.119.